The average molecular weight is 1080 g/mol. The number of aliphatic hydroxyl groups is 3. The van der Waals surface area contributed by atoms with Crippen LogP contribution in [0.1, 0.15) is 154 Å². The predicted molar refractivity (Wildman–Crippen MR) is 288 cm³/mol. The van der Waals surface area contributed by atoms with Gasteiger partial charge in [0, 0.05) is 41.3 Å². The van der Waals surface area contributed by atoms with Gasteiger partial charge in [-0.1, -0.05) is 76.7 Å². The van der Waals surface area contributed by atoms with Gasteiger partial charge in [-0.2, -0.15) is 0 Å². The van der Waals surface area contributed by atoms with Gasteiger partial charge in [0.25, 0.3) is 0 Å². The Labute approximate surface area is 465 Å². The van der Waals surface area contributed by atoms with E-state index in [0.717, 1.165) is 102 Å². The van der Waals surface area contributed by atoms with E-state index in [2.05, 4.69) is 61.5 Å². The Morgan fingerprint density at radius 3 is 2.54 bits per heavy atom. The Morgan fingerprint density at radius 2 is 1.70 bits per heavy atom. The lowest BCUT2D eigenvalue weighted by molar-refractivity contribution is -0.300. The Bertz CT molecular complexity index is 2860. The molecule has 0 aromatic carbocycles. The minimum atomic E-state index is -1.47. The molecule has 16 aliphatic rings. The highest BCUT2D eigenvalue weighted by Crippen LogP contribution is 2.90. The Kier molecular flexibility index (Phi) is 10.6. The lowest BCUT2D eigenvalue weighted by Crippen LogP contribution is -2.82. The normalized spacial score (nSPS) is 54.7. The van der Waals surface area contributed by atoms with Crippen LogP contribution in [0.25, 0.3) is 0 Å². The third kappa shape index (κ3) is 5.76. The van der Waals surface area contributed by atoms with E-state index >= 15 is 14.4 Å². The molecule has 0 radical (unpaired) electrons. The minimum absolute atomic E-state index is 0.0579. The summed E-state index contributed by atoms with van der Waals surface area (Å²) >= 11 is 0. The van der Waals surface area contributed by atoms with Crippen LogP contribution in [-0.4, -0.2) is 106 Å². The molecule has 13 nitrogen and oxygen atoms in total. The minimum Gasteiger partial charge on any atom is -0.469 e. The number of nitrogens with one attached hydrogen (secondary N) is 1. The van der Waals surface area contributed by atoms with Gasteiger partial charge in [-0.25, -0.2) is 4.79 Å². The molecule has 1 aromatic heterocycles. The van der Waals surface area contributed by atoms with Crippen molar-refractivity contribution < 1.29 is 53.1 Å². The van der Waals surface area contributed by atoms with Gasteiger partial charge in [-0.05, 0) is 178 Å². The van der Waals surface area contributed by atoms with Crippen molar-refractivity contribution in [1.29, 1.82) is 0 Å². The molecular weight excluding hydrogens is 997 g/mol. The molecule has 26 atom stereocenters. The molecule has 426 valence electrons. The number of fused-ring (bicyclic) bond motifs is 6. The summed E-state index contributed by atoms with van der Waals surface area (Å²) in [7, 11) is 0. The number of hydrogen-bond acceptors (Lipinski definition) is 13. The number of nitrogens with zero attached hydrogens (tertiary/aromatic N) is 1. The highest BCUT2D eigenvalue weighted by Gasteiger charge is 2.98. The molecule has 0 amide bonds. The number of aliphatic hydroxyl groups excluding tert-OH is 3. The largest absolute Gasteiger partial charge is 0.469 e. The van der Waals surface area contributed by atoms with Gasteiger partial charge in [0.15, 0.2) is 11.9 Å². The van der Waals surface area contributed by atoms with Crippen molar-refractivity contribution in [3.8, 4) is 0 Å². The standard InChI is InChI=1S/C66H86N2O11/c1-34-42-14-8-7-10-35(42)15-17-43(34)47-26-41-25-40-13-9-21-62(40)29-38-28-60(2)56(45-20-23-75-50(45)27-46(49(70)31-69)36-16-18-44-37(24-36)19-22-68-33-67-30-48(44)68)77-59(74)57-66(60,78-57)64(39-11-5-4-6-12-39)52(38)63-32-76-58(73)54(62)65(41,63)79-61(47,3)53(63)51(71)55(64)72/h15,17,19-20,22-23,26,34-40,42-44,46-49,52-57,67,69-70,72H,4-14,16,18,21,24-25,27-33H2,1-3H3. The number of allylic oxidation sites excluding steroid dienone is 3. The van der Waals surface area contributed by atoms with Crippen LogP contribution in [0, 0.1) is 110 Å². The van der Waals surface area contributed by atoms with Gasteiger partial charge < -0.3 is 43.6 Å². The van der Waals surface area contributed by atoms with Crippen LogP contribution in [0.2, 0.25) is 0 Å². The summed E-state index contributed by atoms with van der Waals surface area (Å²) in [6, 6.07) is 2.43. The highest BCUT2D eigenvalue weighted by molar-refractivity contribution is 5.94. The fraction of sp³-hybridized carbons (Fsp3) is 0.803. The first-order valence-corrected chi connectivity index (χ1v) is 32.1. The summed E-state index contributed by atoms with van der Waals surface area (Å²) in [4.78, 5) is 50.5. The van der Waals surface area contributed by atoms with Gasteiger partial charge in [0.1, 0.15) is 35.8 Å². The monoisotopic (exact) mass is 1080 g/mol. The van der Waals surface area contributed by atoms with Crippen LogP contribution in [0.5, 0.6) is 0 Å². The van der Waals surface area contributed by atoms with Gasteiger partial charge in [0.05, 0.1) is 48.5 Å². The number of hydrogen-bond donors (Lipinski definition) is 4. The number of Topliss-reactive ketones (excluding diaryl/α,β-unsaturated/α-hetero) is 1. The van der Waals surface area contributed by atoms with Crippen molar-refractivity contribution in [3.63, 3.8) is 0 Å². The van der Waals surface area contributed by atoms with Gasteiger partial charge in [0.2, 0.25) is 0 Å². The van der Waals surface area contributed by atoms with Crippen LogP contribution in [0.4, 0.5) is 0 Å². The number of rotatable bonds is 8. The van der Waals surface area contributed by atoms with Crippen LogP contribution in [0.3, 0.4) is 0 Å². The predicted octanol–water partition coefficient (Wildman–Crippen LogP) is 8.55. The number of esters is 2. The first-order valence-electron chi connectivity index (χ1n) is 32.1. The summed E-state index contributed by atoms with van der Waals surface area (Å²) < 4.78 is 36.3. The molecule has 8 saturated carbocycles. The highest BCUT2D eigenvalue weighted by atomic mass is 16.7. The first kappa shape index (κ1) is 50.2. The van der Waals surface area contributed by atoms with E-state index in [0.29, 0.717) is 54.2 Å². The van der Waals surface area contributed by atoms with Crippen molar-refractivity contribution in [2.75, 3.05) is 26.4 Å². The molecule has 5 saturated heterocycles. The maximum Gasteiger partial charge on any atom is 0.339 e. The molecular formula is C66H86N2O11. The zero-order valence-electron chi connectivity index (χ0n) is 46.9. The van der Waals surface area contributed by atoms with Crippen molar-refractivity contribution in [2.45, 2.75) is 190 Å². The number of cyclic esters (lactones) is 2. The molecule has 13 fully saturated rings. The molecule has 8 heterocycles. The van der Waals surface area contributed by atoms with Gasteiger partial charge in [-0.15, -0.1) is 0 Å². The number of epoxide rings is 1. The summed E-state index contributed by atoms with van der Waals surface area (Å²) in [5, 5.41) is 40.6. The van der Waals surface area contributed by atoms with E-state index in [1.807, 2.05) is 6.07 Å². The van der Waals surface area contributed by atoms with Crippen LogP contribution in [-0.2, 0) is 39.8 Å². The Morgan fingerprint density at radius 1 is 0.873 bits per heavy atom. The van der Waals surface area contributed by atoms with Crippen molar-refractivity contribution in [2.24, 2.45) is 110 Å². The van der Waals surface area contributed by atoms with Crippen LogP contribution >= 0.6 is 0 Å². The summed E-state index contributed by atoms with van der Waals surface area (Å²) in [5.74, 6) is 0.268. The zero-order valence-corrected chi connectivity index (χ0v) is 46.9. The van der Waals surface area contributed by atoms with Crippen molar-refractivity contribution >= 4 is 17.7 Å². The lowest BCUT2D eigenvalue weighted by Gasteiger charge is -2.72. The van der Waals surface area contributed by atoms with Crippen LogP contribution < -0.4 is 5.32 Å². The van der Waals surface area contributed by atoms with Crippen molar-refractivity contribution in [1.82, 2.24) is 10.2 Å². The quantitative estimate of drug-likeness (QED) is 0.111. The second-order valence-corrected chi connectivity index (χ2v) is 30.3. The molecule has 26 unspecified atom stereocenters. The summed E-state index contributed by atoms with van der Waals surface area (Å²) in [5.41, 5.74) is -5.13. The molecule has 17 rings (SSSR count). The van der Waals surface area contributed by atoms with E-state index in [1.54, 1.807) is 6.26 Å². The summed E-state index contributed by atoms with van der Waals surface area (Å²) in [6.07, 6.45) is 27.4. The van der Waals surface area contributed by atoms with Crippen molar-refractivity contribution in [3.05, 3.63) is 59.7 Å². The van der Waals surface area contributed by atoms with Gasteiger partial charge >= 0.3 is 11.9 Å². The summed E-state index contributed by atoms with van der Waals surface area (Å²) in [6.45, 7) is 8.48. The molecule has 4 spiro atoms. The number of carbonyl (C=O) groups excluding carboxylic acids is 3. The maximum absolute atomic E-state index is 17.1. The molecule has 5 bridgehead atoms. The molecule has 13 heteroatoms. The number of furan rings is 1. The van der Waals surface area contributed by atoms with E-state index in [1.165, 1.54) is 31.3 Å². The Balaban J connectivity index is 0.834. The smallest absolute Gasteiger partial charge is 0.339 e. The third-order valence-corrected chi connectivity index (χ3v) is 28.1. The van der Waals surface area contributed by atoms with E-state index in [9.17, 15) is 15.3 Å². The second-order valence-electron chi connectivity index (χ2n) is 30.3. The lowest BCUT2D eigenvalue weighted by atomic mass is 9.30. The van der Waals surface area contributed by atoms with E-state index < -0.39 is 80.7 Å². The van der Waals surface area contributed by atoms with Crippen LogP contribution in [0.15, 0.2) is 52.8 Å². The first-order chi connectivity index (χ1) is 38.2. The maximum atomic E-state index is 17.1. The SMILES string of the molecule is CC1C(C2C=C3CC4CCCC45CC4CC6(C)C(c7ccoc7CC(C(O)CO)C7CCC8C(C=CN9CNCC89)C7)OC(=O)C7OC76C6(C7CCCCC7)C(O)C(=O)C7C2(C)OC32C5C(=O)OCC72C46)C=CC2CCCCC21. The average Bonchev–Trinajstić information content (AvgIpc) is 3.48. The second kappa shape index (κ2) is 16.7. The third-order valence-electron chi connectivity index (χ3n) is 28.1. The number of ether oxygens (including phenoxy) is 4. The fourth-order valence-electron chi connectivity index (χ4n) is 25.8. The molecule has 79 heavy (non-hydrogen) atoms. The van der Waals surface area contributed by atoms with Gasteiger partial charge in [-0.3, -0.25) is 14.9 Å². The van der Waals surface area contributed by atoms with E-state index in [4.69, 9.17) is 23.4 Å². The molecule has 1 aromatic rings. The topological polar surface area (TPSA) is 181 Å². The van der Waals surface area contributed by atoms with E-state index in [-0.39, 0.29) is 72.3 Å². The molecule has 9 aliphatic carbocycles. The molecule has 7 aliphatic heterocycles. The fourth-order valence-corrected chi connectivity index (χ4v) is 25.8. The zero-order chi connectivity index (χ0) is 53.5. The number of carbonyl (C=O) groups is 3. The Hall–Kier alpha value is -3.33. The number of ketones is 1. The molecule has 4 N–H and O–H groups in total.